The first kappa shape index (κ1) is 25.6. The van der Waals surface area contributed by atoms with Gasteiger partial charge in [0.05, 0.1) is 35.6 Å². The molecular formula is C32H27N3O4S. The number of ether oxygens (including phenoxy) is 2. The number of para-hydroxylation sites is 1. The van der Waals surface area contributed by atoms with Crippen LogP contribution in [-0.2, 0) is 16.6 Å². The lowest BCUT2D eigenvalue weighted by atomic mass is 9.93. The predicted octanol–water partition coefficient (Wildman–Crippen LogP) is 4.44. The molecule has 0 bridgehead atoms. The number of aryl methyl sites for hydroxylation is 1. The lowest BCUT2D eigenvalue weighted by Gasteiger charge is -2.26. The third-order valence-electron chi connectivity index (χ3n) is 7.00. The van der Waals surface area contributed by atoms with Crippen LogP contribution in [0.15, 0.2) is 100 Å². The van der Waals surface area contributed by atoms with E-state index in [1.165, 1.54) is 11.3 Å². The van der Waals surface area contributed by atoms with Gasteiger partial charge in [-0.25, -0.2) is 9.79 Å². The number of hydrogen-bond donors (Lipinski definition) is 0. The van der Waals surface area contributed by atoms with Crippen molar-refractivity contribution in [1.29, 1.82) is 0 Å². The standard InChI is InChI=1S/C32H27N3O4S/c1-4-39-31(37)27-28(20-11-6-5-7-12-20)33-32-35(29(27)21-13-10-14-23(17-21)38-3)30(36)26(40-32)18-22-19-34(2)25-16-9-8-15-24(22)25/h5-19,29H,4H2,1-3H3. The van der Waals surface area contributed by atoms with Crippen molar-refractivity contribution in [2.75, 3.05) is 13.7 Å². The second-order valence-electron chi connectivity index (χ2n) is 9.42. The fourth-order valence-electron chi connectivity index (χ4n) is 5.20. The number of aromatic nitrogens is 2. The zero-order valence-electron chi connectivity index (χ0n) is 22.3. The number of hydrogen-bond acceptors (Lipinski definition) is 6. The molecule has 1 unspecified atom stereocenters. The third kappa shape index (κ3) is 4.36. The van der Waals surface area contributed by atoms with Crippen molar-refractivity contribution < 1.29 is 14.3 Å². The van der Waals surface area contributed by atoms with E-state index in [2.05, 4.69) is 6.07 Å². The van der Waals surface area contributed by atoms with Crippen molar-refractivity contribution in [3.63, 3.8) is 0 Å². The summed E-state index contributed by atoms with van der Waals surface area (Å²) >= 11 is 1.31. The summed E-state index contributed by atoms with van der Waals surface area (Å²) in [6.07, 6.45) is 3.92. The Morgan fingerprint density at radius 2 is 1.82 bits per heavy atom. The third-order valence-corrected chi connectivity index (χ3v) is 7.98. The number of methoxy groups -OCH3 is 1. The largest absolute Gasteiger partial charge is 0.497 e. The highest BCUT2D eigenvalue weighted by atomic mass is 32.1. The molecule has 0 aliphatic carbocycles. The van der Waals surface area contributed by atoms with Gasteiger partial charge in [-0.2, -0.15) is 0 Å². The van der Waals surface area contributed by atoms with E-state index in [9.17, 15) is 9.59 Å². The van der Waals surface area contributed by atoms with Crippen LogP contribution in [-0.4, -0.2) is 28.8 Å². The average molecular weight is 550 g/mol. The van der Waals surface area contributed by atoms with E-state index >= 15 is 0 Å². The fraction of sp³-hybridized carbons (Fsp3) is 0.156. The van der Waals surface area contributed by atoms with Gasteiger partial charge in [-0.3, -0.25) is 9.36 Å². The van der Waals surface area contributed by atoms with Crippen molar-refractivity contribution in [2.45, 2.75) is 13.0 Å². The van der Waals surface area contributed by atoms with Crippen molar-refractivity contribution in [3.8, 4) is 5.75 Å². The molecule has 200 valence electrons. The molecule has 1 atom stereocenters. The van der Waals surface area contributed by atoms with Gasteiger partial charge >= 0.3 is 5.97 Å². The SMILES string of the molecule is CCOC(=O)C1=C(c2ccccc2)N=c2sc(=Cc3cn(C)c4ccccc34)c(=O)n2C1c1cccc(OC)c1. The van der Waals surface area contributed by atoms with Crippen LogP contribution in [0, 0.1) is 0 Å². The first-order chi connectivity index (χ1) is 19.5. The summed E-state index contributed by atoms with van der Waals surface area (Å²) in [5, 5.41) is 1.05. The highest BCUT2D eigenvalue weighted by Gasteiger charge is 2.35. The molecule has 40 heavy (non-hydrogen) atoms. The monoisotopic (exact) mass is 549 g/mol. The van der Waals surface area contributed by atoms with Gasteiger partial charge in [0.2, 0.25) is 0 Å². The number of esters is 1. The first-order valence-electron chi connectivity index (χ1n) is 13.0. The minimum absolute atomic E-state index is 0.195. The Bertz CT molecular complexity index is 1960. The maximum atomic E-state index is 14.1. The van der Waals surface area contributed by atoms with Gasteiger partial charge < -0.3 is 14.0 Å². The highest BCUT2D eigenvalue weighted by molar-refractivity contribution is 7.07. The zero-order chi connectivity index (χ0) is 27.8. The minimum atomic E-state index is -0.754. The number of carbonyl (C=O) groups is 1. The quantitative estimate of drug-likeness (QED) is 0.294. The summed E-state index contributed by atoms with van der Waals surface area (Å²) < 4.78 is 15.2. The van der Waals surface area contributed by atoms with Crippen LogP contribution in [0.2, 0.25) is 0 Å². The van der Waals surface area contributed by atoms with Crippen LogP contribution in [0.3, 0.4) is 0 Å². The number of carbonyl (C=O) groups excluding carboxylic acids is 1. The molecule has 0 saturated heterocycles. The molecule has 3 aromatic carbocycles. The number of fused-ring (bicyclic) bond motifs is 2. The van der Waals surface area contributed by atoms with Gasteiger partial charge in [-0.15, -0.1) is 0 Å². The Morgan fingerprint density at radius 1 is 1.05 bits per heavy atom. The van der Waals surface area contributed by atoms with Crippen molar-refractivity contribution in [3.05, 3.63) is 127 Å². The van der Waals surface area contributed by atoms with Crippen LogP contribution in [0.1, 0.15) is 29.7 Å². The van der Waals surface area contributed by atoms with Gasteiger partial charge in [0.1, 0.15) is 5.75 Å². The number of benzene rings is 3. The van der Waals surface area contributed by atoms with E-state index < -0.39 is 12.0 Å². The molecule has 5 aromatic rings. The molecule has 0 radical (unpaired) electrons. The van der Waals surface area contributed by atoms with Gasteiger partial charge in [0, 0.05) is 35.3 Å². The van der Waals surface area contributed by atoms with E-state index in [0.717, 1.165) is 27.6 Å². The van der Waals surface area contributed by atoms with E-state index in [-0.39, 0.29) is 12.2 Å². The minimum Gasteiger partial charge on any atom is -0.497 e. The fourth-order valence-corrected chi connectivity index (χ4v) is 6.19. The summed E-state index contributed by atoms with van der Waals surface area (Å²) in [7, 11) is 3.58. The predicted molar refractivity (Wildman–Crippen MR) is 157 cm³/mol. The molecule has 3 heterocycles. The second kappa shape index (κ2) is 10.5. The highest BCUT2D eigenvalue weighted by Crippen LogP contribution is 2.36. The van der Waals surface area contributed by atoms with Crippen molar-refractivity contribution >= 4 is 40.0 Å². The molecule has 0 spiro atoms. The Kier molecular flexibility index (Phi) is 6.69. The Balaban J connectivity index is 1.66. The van der Waals surface area contributed by atoms with E-state index in [1.807, 2.05) is 96.7 Å². The molecule has 6 rings (SSSR count). The molecule has 1 aliphatic rings. The topological polar surface area (TPSA) is 74.8 Å². The molecule has 0 amide bonds. The molecule has 7 nitrogen and oxygen atoms in total. The maximum Gasteiger partial charge on any atom is 0.338 e. The van der Waals surface area contributed by atoms with Crippen LogP contribution in [0.4, 0.5) is 0 Å². The summed E-state index contributed by atoms with van der Waals surface area (Å²) in [4.78, 5) is 33.2. The normalized spacial score (nSPS) is 15.2. The van der Waals surface area contributed by atoms with Crippen molar-refractivity contribution in [1.82, 2.24) is 9.13 Å². The van der Waals surface area contributed by atoms with Crippen LogP contribution in [0.25, 0.3) is 22.7 Å². The smallest absolute Gasteiger partial charge is 0.338 e. The molecule has 0 fully saturated rings. The lowest BCUT2D eigenvalue weighted by molar-refractivity contribution is -0.138. The Labute approximate surface area is 234 Å². The van der Waals surface area contributed by atoms with Crippen molar-refractivity contribution in [2.24, 2.45) is 12.0 Å². The van der Waals surface area contributed by atoms with E-state index in [1.54, 1.807) is 18.6 Å². The molecule has 1 aliphatic heterocycles. The molecule has 0 N–H and O–H groups in total. The summed E-state index contributed by atoms with van der Waals surface area (Å²) in [6, 6.07) is 24.3. The molecule has 8 heteroatoms. The number of rotatable bonds is 6. The molecular weight excluding hydrogens is 522 g/mol. The van der Waals surface area contributed by atoms with Gasteiger partial charge in [0.15, 0.2) is 4.80 Å². The van der Waals surface area contributed by atoms with Crippen LogP contribution in [0.5, 0.6) is 5.75 Å². The van der Waals surface area contributed by atoms with E-state index in [0.29, 0.717) is 26.4 Å². The summed E-state index contributed by atoms with van der Waals surface area (Å²) in [5.74, 6) is 0.109. The number of nitrogens with zero attached hydrogens (tertiary/aromatic N) is 3. The van der Waals surface area contributed by atoms with Gasteiger partial charge in [-0.05, 0) is 36.8 Å². The van der Waals surface area contributed by atoms with Crippen LogP contribution < -0.4 is 19.6 Å². The van der Waals surface area contributed by atoms with Crippen LogP contribution >= 0.6 is 11.3 Å². The molecule has 2 aromatic heterocycles. The maximum absolute atomic E-state index is 14.1. The first-order valence-corrected chi connectivity index (χ1v) is 13.8. The zero-order valence-corrected chi connectivity index (χ0v) is 23.1. The Morgan fingerprint density at radius 3 is 2.60 bits per heavy atom. The summed E-state index contributed by atoms with van der Waals surface area (Å²) in [5.41, 5.74) is 4.09. The average Bonchev–Trinajstić information content (AvgIpc) is 3.48. The van der Waals surface area contributed by atoms with Gasteiger partial charge in [-0.1, -0.05) is 72.0 Å². The summed E-state index contributed by atoms with van der Waals surface area (Å²) in [6.45, 7) is 1.96. The van der Waals surface area contributed by atoms with E-state index in [4.69, 9.17) is 14.5 Å². The van der Waals surface area contributed by atoms with Gasteiger partial charge in [0.25, 0.3) is 5.56 Å². The molecule has 0 saturated carbocycles. The Hall–Kier alpha value is -4.69. The second-order valence-corrected chi connectivity index (χ2v) is 10.4. The number of thiazole rings is 1. The lowest BCUT2D eigenvalue weighted by Crippen LogP contribution is -2.40.